The Morgan fingerprint density at radius 2 is 1.79 bits per heavy atom. The molecule has 176 valence electrons. The zero-order valence-electron chi connectivity index (χ0n) is 18.3. The summed E-state index contributed by atoms with van der Waals surface area (Å²) >= 11 is 0. The molecule has 0 aliphatic heterocycles. The van der Waals surface area contributed by atoms with Gasteiger partial charge in [-0.05, 0) is 36.5 Å². The van der Waals surface area contributed by atoms with Crippen LogP contribution in [-0.4, -0.2) is 34.0 Å². The van der Waals surface area contributed by atoms with Gasteiger partial charge in [-0.1, -0.05) is 13.8 Å². The number of fused-ring (bicyclic) bond motifs is 2. The molecular formula is C23H22F5N3O2. The highest BCUT2D eigenvalue weighted by Crippen LogP contribution is 2.56. The van der Waals surface area contributed by atoms with Crippen molar-refractivity contribution in [2.45, 2.75) is 50.4 Å². The highest BCUT2D eigenvalue weighted by Gasteiger charge is 2.64. The van der Waals surface area contributed by atoms with Crippen molar-refractivity contribution in [3.05, 3.63) is 59.0 Å². The lowest BCUT2D eigenvalue weighted by Crippen LogP contribution is -2.58. The first-order chi connectivity index (χ1) is 15.3. The minimum absolute atomic E-state index is 0.0634. The van der Waals surface area contributed by atoms with Crippen molar-refractivity contribution in [1.29, 1.82) is 0 Å². The molecule has 2 N–H and O–H groups in total. The summed E-state index contributed by atoms with van der Waals surface area (Å²) in [5.74, 6) is -1.16. The van der Waals surface area contributed by atoms with E-state index in [0.29, 0.717) is 11.4 Å². The summed E-state index contributed by atoms with van der Waals surface area (Å²) in [6.45, 7) is 4.63. The SMILES string of the molecule is COc1cc(F)cc2c1C(C)(C)C[C@@](O)(C(F)(F)F)[C@@H]2Nc1cc(F)cc2nc(C)ncc12. The van der Waals surface area contributed by atoms with Gasteiger partial charge in [-0.2, -0.15) is 13.2 Å². The Kier molecular flexibility index (Phi) is 5.27. The Bertz CT molecular complexity index is 1240. The smallest absolute Gasteiger partial charge is 0.419 e. The summed E-state index contributed by atoms with van der Waals surface area (Å²) in [6.07, 6.45) is -4.47. The molecule has 1 aromatic heterocycles. The van der Waals surface area contributed by atoms with Gasteiger partial charge in [0.2, 0.25) is 0 Å². The van der Waals surface area contributed by atoms with Crippen LogP contribution in [0.1, 0.15) is 43.3 Å². The molecule has 1 aliphatic rings. The normalized spacial score (nSPS) is 22.2. The van der Waals surface area contributed by atoms with Gasteiger partial charge in [-0.25, -0.2) is 18.7 Å². The molecule has 4 rings (SSSR count). The van der Waals surface area contributed by atoms with E-state index in [4.69, 9.17) is 4.74 Å². The Morgan fingerprint density at radius 3 is 2.42 bits per heavy atom. The van der Waals surface area contributed by atoms with Gasteiger partial charge in [0.05, 0.1) is 18.7 Å². The molecule has 1 aliphatic carbocycles. The third-order valence-electron chi connectivity index (χ3n) is 6.07. The summed E-state index contributed by atoms with van der Waals surface area (Å²) in [6, 6.07) is 2.29. The molecule has 0 unspecified atom stereocenters. The van der Waals surface area contributed by atoms with Crippen LogP contribution in [0.2, 0.25) is 0 Å². The maximum atomic E-state index is 14.5. The van der Waals surface area contributed by atoms with Crippen LogP contribution in [0, 0.1) is 18.6 Å². The molecule has 0 amide bonds. The fourth-order valence-corrected chi connectivity index (χ4v) is 4.77. The zero-order valence-corrected chi connectivity index (χ0v) is 18.3. The molecule has 2 aromatic carbocycles. The summed E-state index contributed by atoms with van der Waals surface area (Å²) in [5.41, 5.74) is -4.22. The summed E-state index contributed by atoms with van der Waals surface area (Å²) in [7, 11) is 1.29. The van der Waals surface area contributed by atoms with Crippen molar-refractivity contribution in [1.82, 2.24) is 9.97 Å². The zero-order chi connectivity index (χ0) is 24.3. The summed E-state index contributed by atoms with van der Waals surface area (Å²) < 4.78 is 77.1. The number of nitrogens with zero attached hydrogens (tertiary/aromatic N) is 2. The maximum Gasteiger partial charge on any atom is 0.419 e. The van der Waals surface area contributed by atoms with Crippen molar-refractivity contribution in [3.8, 4) is 5.75 Å². The van der Waals surface area contributed by atoms with Gasteiger partial charge in [-0.15, -0.1) is 0 Å². The first-order valence-electron chi connectivity index (χ1n) is 10.1. The predicted molar refractivity (Wildman–Crippen MR) is 112 cm³/mol. The van der Waals surface area contributed by atoms with Crippen molar-refractivity contribution < 1.29 is 31.8 Å². The van der Waals surface area contributed by atoms with E-state index in [1.807, 2.05) is 0 Å². The number of benzene rings is 2. The van der Waals surface area contributed by atoms with E-state index in [9.17, 15) is 27.1 Å². The number of aliphatic hydroxyl groups is 1. The second kappa shape index (κ2) is 7.51. The van der Waals surface area contributed by atoms with E-state index < -0.39 is 41.3 Å². The van der Waals surface area contributed by atoms with Crippen LogP contribution in [0.15, 0.2) is 30.5 Å². The lowest BCUT2D eigenvalue weighted by atomic mass is 9.63. The Hall–Kier alpha value is -3.01. The molecule has 0 saturated heterocycles. The first kappa shape index (κ1) is 23.2. The van der Waals surface area contributed by atoms with Crippen LogP contribution in [0.3, 0.4) is 0 Å². The maximum absolute atomic E-state index is 14.5. The number of ether oxygens (including phenoxy) is 1. The van der Waals surface area contributed by atoms with E-state index in [1.165, 1.54) is 27.2 Å². The molecule has 0 spiro atoms. The lowest BCUT2D eigenvalue weighted by molar-refractivity contribution is -0.276. The first-order valence-corrected chi connectivity index (χ1v) is 10.1. The highest BCUT2D eigenvalue weighted by atomic mass is 19.4. The van der Waals surface area contributed by atoms with Gasteiger partial charge in [0, 0.05) is 35.0 Å². The minimum atomic E-state index is -5.09. The number of halogens is 5. The van der Waals surface area contributed by atoms with Gasteiger partial charge in [0.25, 0.3) is 0 Å². The average Bonchev–Trinajstić information content (AvgIpc) is 2.68. The van der Waals surface area contributed by atoms with Gasteiger partial charge >= 0.3 is 6.18 Å². The monoisotopic (exact) mass is 467 g/mol. The van der Waals surface area contributed by atoms with E-state index in [1.54, 1.807) is 6.92 Å². The average molecular weight is 467 g/mol. The van der Waals surface area contributed by atoms with Gasteiger partial charge < -0.3 is 15.2 Å². The highest BCUT2D eigenvalue weighted by molar-refractivity contribution is 5.91. The largest absolute Gasteiger partial charge is 0.496 e. The Morgan fingerprint density at radius 1 is 1.12 bits per heavy atom. The topological polar surface area (TPSA) is 67.3 Å². The standard InChI is InChI=1S/C23H22F5N3O2/c1-11-29-9-15-16(30-11)6-13(25)7-17(15)31-20-14-5-12(24)8-18(33-4)19(14)21(2,3)10-22(20,32)23(26,27)28/h5-9,20,31-32H,10H2,1-4H3/t20-,22+/m1/s1. The van der Waals surface area contributed by atoms with E-state index in [-0.39, 0.29) is 27.9 Å². The second-order valence-electron chi connectivity index (χ2n) is 8.94. The molecule has 10 heteroatoms. The number of aryl methyl sites for hydroxylation is 1. The van der Waals surface area contributed by atoms with Crippen LogP contribution in [0.4, 0.5) is 27.6 Å². The molecule has 0 bridgehead atoms. The number of methoxy groups -OCH3 is 1. The number of anilines is 1. The van der Waals surface area contributed by atoms with Crippen LogP contribution >= 0.6 is 0 Å². The fraction of sp³-hybridized carbons (Fsp3) is 0.391. The van der Waals surface area contributed by atoms with Crippen LogP contribution in [0.5, 0.6) is 5.75 Å². The third-order valence-corrected chi connectivity index (χ3v) is 6.07. The van der Waals surface area contributed by atoms with Crippen LogP contribution < -0.4 is 10.1 Å². The molecule has 2 atom stereocenters. The number of hydrogen-bond donors (Lipinski definition) is 2. The number of aromatic nitrogens is 2. The van der Waals surface area contributed by atoms with E-state index >= 15 is 0 Å². The Balaban J connectivity index is 2.00. The predicted octanol–water partition coefficient (Wildman–Crippen LogP) is 5.35. The van der Waals surface area contributed by atoms with E-state index in [0.717, 1.165) is 24.3 Å². The quantitative estimate of drug-likeness (QED) is 0.508. The molecule has 0 radical (unpaired) electrons. The molecule has 1 heterocycles. The number of nitrogens with one attached hydrogen (secondary N) is 1. The Labute approximate surface area is 186 Å². The summed E-state index contributed by atoms with van der Waals surface area (Å²) in [5, 5.41) is 14.0. The van der Waals surface area contributed by atoms with Gasteiger partial charge in [0.15, 0.2) is 5.60 Å². The van der Waals surface area contributed by atoms with Crippen LogP contribution in [0.25, 0.3) is 10.9 Å². The van der Waals surface area contributed by atoms with Crippen molar-refractivity contribution >= 4 is 16.6 Å². The lowest BCUT2D eigenvalue weighted by Gasteiger charge is -2.49. The van der Waals surface area contributed by atoms with Crippen molar-refractivity contribution in [3.63, 3.8) is 0 Å². The third kappa shape index (κ3) is 3.76. The number of rotatable bonds is 3. The fourth-order valence-electron chi connectivity index (χ4n) is 4.77. The van der Waals surface area contributed by atoms with Crippen molar-refractivity contribution in [2.24, 2.45) is 0 Å². The van der Waals surface area contributed by atoms with Gasteiger partial charge in [0.1, 0.15) is 23.2 Å². The molecule has 3 aromatic rings. The second-order valence-corrected chi connectivity index (χ2v) is 8.94. The van der Waals surface area contributed by atoms with Gasteiger partial charge in [-0.3, -0.25) is 0 Å². The molecule has 33 heavy (non-hydrogen) atoms. The molecule has 0 saturated carbocycles. The molecule has 5 nitrogen and oxygen atoms in total. The van der Waals surface area contributed by atoms with Crippen molar-refractivity contribution in [2.75, 3.05) is 12.4 Å². The molecule has 0 fully saturated rings. The number of alkyl halides is 3. The minimum Gasteiger partial charge on any atom is -0.496 e. The van der Waals surface area contributed by atoms with E-state index in [2.05, 4.69) is 15.3 Å². The number of hydrogen-bond acceptors (Lipinski definition) is 5. The van der Waals surface area contributed by atoms with Crippen LogP contribution in [-0.2, 0) is 5.41 Å². The molecular weight excluding hydrogens is 445 g/mol. The summed E-state index contributed by atoms with van der Waals surface area (Å²) in [4.78, 5) is 8.17.